The molecular formula is C10H17NO2. The van der Waals surface area contributed by atoms with Crippen LogP contribution < -0.4 is 5.32 Å². The van der Waals surface area contributed by atoms with Crippen molar-refractivity contribution in [3.63, 3.8) is 0 Å². The van der Waals surface area contributed by atoms with E-state index in [2.05, 4.69) is 17.5 Å². The van der Waals surface area contributed by atoms with Gasteiger partial charge in [0.1, 0.15) is 0 Å². The molecule has 0 fully saturated rings. The first-order valence-electron chi connectivity index (χ1n) is 4.61. The molecule has 1 aliphatic rings. The Hall–Kier alpha value is -1.25. The van der Waals surface area contributed by atoms with Crippen LogP contribution in [0.4, 0.5) is 4.79 Å². The average molecular weight is 183 g/mol. The third-order valence-electron chi connectivity index (χ3n) is 1.52. The molecule has 0 unspecified atom stereocenters. The number of allylic oxidation sites excluding steroid dienone is 2. The first kappa shape index (κ1) is 11.8. The molecule has 1 rings (SSSR count). The Morgan fingerprint density at radius 1 is 1.54 bits per heavy atom. The van der Waals surface area contributed by atoms with Crippen LogP contribution in [0.5, 0.6) is 0 Å². The summed E-state index contributed by atoms with van der Waals surface area (Å²) in [6, 6.07) is 0. The predicted octanol–water partition coefficient (Wildman–Crippen LogP) is 2.56. The molecule has 0 saturated carbocycles. The largest absolute Gasteiger partial charge is 0.465 e. The number of amides is 1. The van der Waals surface area contributed by atoms with Crippen LogP contribution in [0.3, 0.4) is 0 Å². The zero-order valence-electron chi connectivity index (χ0n) is 8.21. The van der Waals surface area contributed by atoms with Crippen molar-refractivity contribution in [2.45, 2.75) is 26.7 Å². The molecule has 0 aromatic rings. The maximum Gasteiger partial charge on any atom is 0.404 e. The van der Waals surface area contributed by atoms with Crippen molar-refractivity contribution < 1.29 is 9.90 Å². The van der Waals surface area contributed by atoms with Crippen molar-refractivity contribution in [2.75, 3.05) is 6.54 Å². The van der Waals surface area contributed by atoms with Gasteiger partial charge in [0.25, 0.3) is 0 Å². The highest BCUT2D eigenvalue weighted by atomic mass is 16.4. The second-order valence-corrected chi connectivity index (χ2v) is 2.42. The number of hydrogen-bond acceptors (Lipinski definition) is 1. The van der Waals surface area contributed by atoms with E-state index >= 15 is 0 Å². The van der Waals surface area contributed by atoms with E-state index in [1.165, 1.54) is 0 Å². The van der Waals surface area contributed by atoms with Gasteiger partial charge in [0.15, 0.2) is 0 Å². The van der Waals surface area contributed by atoms with E-state index in [1.54, 1.807) is 0 Å². The van der Waals surface area contributed by atoms with Gasteiger partial charge in [-0.3, -0.25) is 0 Å². The van der Waals surface area contributed by atoms with Gasteiger partial charge in [-0.2, -0.15) is 0 Å². The van der Waals surface area contributed by atoms with Gasteiger partial charge in [-0.15, -0.1) is 0 Å². The molecule has 0 radical (unpaired) electrons. The van der Waals surface area contributed by atoms with Gasteiger partial charge in [-0.25, -0.2) is 4.79 Å². The lowest BCUT2D eigenvalue weighted by atomic mass is 10.1. The van der Waals surface area contributed by atoms with Crippen LogP contribution in [-0.2, 0) is 0 Å². The molecule has 74 valence electrons. The first-order chi connectivity index (χ1) is 6.29. The zero-order chi connectivity index (χ0) is 10.1. The number of carbonyl (C=O) groups is 1. The molecule has 0 bridgehead atoms. The van der Waals surface area contributed by atoms with E-state index in [4.69, 9.17) is 5.11 Å². The van der Waals surface area contributed by atoms with Crippen molar-refractivity contribution in [1.82, 2.24) is 5.32 Å². The lowest BCUT2D eigenvalue weighted by molar-refractivity contribution is 0.195. The predicted molar refractivity (Wildman–Crippen MR) is 53.8 cm³/mol. The van der Waals surface area contributed by atoms with Crippen molar-refractivity contribution in [1.29, 1.82) is 0 Å². The summed E-state index contributed by atoms with van der Waals surface area (Å²) in [4.78, 5) is 10.1. The van der Waals surface area contributed by atoms with Crippen molar-refractivity contribution >= 4 is 6.09 Å². The van der Waals surface area contributed by atoms with E-state index in [9.17, 15) is 4.79 Å². The summed E-state index contributed by atoms with van der Waals surface area (Å²) >= 11 is 0. The highest BCUT2D eigenvalue weighted by Crippen LogP contribution is 2.07. The fraction of sp³-hybridized carbons (Fsp3) is 0.500. The SMILES string of the molecule is CC.O=C(O)NCC1=CCCC=C1. The Balaban J connectivity index is 0.000000671. The normalized spacial score (nSPS) is 13.8. The van der Waals surface area contributed by atoms with Crippen LogP contribution in [0.15, 0.2) is 23.8 Å². The Labute approximate surface area is 79.2 Å². The number of rotatable bonds is 2. The molecule has 0 atom stereocenters. The Morgan fingerprint density at radius 3 is 2.69 bits per heavy atom. The topological polar surface area (TPSA) is 49.3 Å². The number of nitrogens with one attached hydrogen (secondary N) is 1. The molecule has 3 heteroatoms. The molecular weight excluding hydrogens is 166 g/mol. The highest BCUT2D eigenvalue weighted by Gasteiger charge is 1.98. The van der Waals surface area contributed by atoms with Gasteiger partial charge < -0.3 is 10.4 Å². The minimum Gasteiger partial charge on any atom is -0.465 e. The molecule has 3 nitrogen and oxygen atoms in total. The van der Waals surface area contributed by atoms with E-state index in [0.717, 1.165) is 18.4 Å². The first-order valence-corrected chi connectivity index (χ1v) is 4.61. The van der Waals surface area contributed by atoms with E-state index in [-0.39, 0.29) is 0 Å². The Kier molecular flexibility index (Phi) is 6.69. The molecule has 13 heavy (non-hydrogen) atoms. The zero-order valence-corrected chi connectivity index (χ0v) is 8.21. The minimum absolute atomic E-state index is 0.422. The van der Waals surface area contributed by atoms with E-state index < -0.39 is 6.09 Å². The maximum absolute atomic E-state index is 10.1. The molecule has 0 saturated heterocycles. The summed E-state index contributed by atoms with van der Waals surface area (Å²) in [6.07, 6.45) is 7.18. The highest BCUT2D eigenvalue weighted by molar-refractivity contribution is 5.64. The molecule has 2 N–H and O–H groups in total. The average Bonchev–Trinajstić information content (AvgIpc) is 2.19. The molecule has 0 aliphatic heterocycles. The third kappa shape index (κ3) is 5.96. The van der Waals surface area contributed by atoms with E-state index in [0.29, 0.717) is 6.54 Å². The minimum atomic E-state index is -0.968. The summed E-state index contributed by atoms with van der Waals surface area (Å²) in [5.41, 5.74) is 1.05. The fourth-order valence-corrected chi connectivity index (χ4v) is 0.976. The number of hydrogen-bond donors (Lipinski definition) is 2. The van der Waals surface area contributed by atoms with Gasteiger partial charge >= 0.3 is 6.09 Å². The van der Waals surface area contributed by atoms with Crippen LogP contribution in [0, 0.1) is 0 Å². The molecule has 1 amide bonds. The van der Waals surface area contributed by atoms with Gasteiger partial charge in [0, 0.05) is 6.54 Å². The van der Waals surface area contributed by atoms with Crippen LogP contribution in [-0.4, -0.2) is 17.7 Å². The second kappa shape index (κ2) is 7.40. The van der Waals surface area contributed by atoms with E-state index in [1.807, 2.05) is 19.9 Å². The standard InChI is InChI=1S/C8H11NO2.C2H6/c10-8(11)9-6-7-4-2-1-3-5-7;1-2/h2,4-5,9H,1,3,6H2,(H,10,11);1-2H3. The third-order valence-corrected chi connectivity index (χ3v) is 1.52. The van der Waals surface area contributed by atoms with Crippen molar-refractivity contribution in [3.8, 4) is 0 Å². The molecule has 0 heterocycles. The lowest BCUT2D eigenvalue weighted by Crippen LogP contribution is -2.23. The maximum atomic E-state index is 10.1. The van der Waals surface area contributed by atoms with Crippen LogP contribution in [0.25, 0.3) is 0 Å². The monoisotopic (exact) mass is 183 g/mol. The quantitative estimate of drug-likeness (QED) is 0.691. The Bertz CT molecular complexity index is 207. The molecule has 0 spiro atoms. The second-order valence-electron chi connectivity index (χ2n) is 2.42. The fourth-order valence-electron chi connectivity index (χ4n) is 0.976. The number of carboxylic acid groups (broad SMARTS) is 1. The smallest absolute Gasteiger partial charge is 0.404 e. The van der Waals surface area contributed by atoms with Gasteiger partial charge in [0.05, 0.1) is 0 Å². The summed E-state index contributed by atoms with van der Waals surface area (Å²) < 4.78 is 0. The van der Waals surface area contributed by atoms with Gasteiger partial charge in [-0.1, -0.05) is 32.1 Å². The summed E-state index contributed by atoms with van der Waals surface area (Å²) in [7, 11) is 0. The van der Waals surface area contributed by atoms with Crippen molar-refractivity contribution in [3.05, 3.63) is 23.8 Å². The Morgan fingerprint density at radius 2 is 2.23 bits per heavy atom. The van der Waals surface area contributed by atoms with Crippen LogP contribution in [0.1, 0.15) is 26.7 Å². The van der Waals surface area contributed by atoms with Crippen LogP contribution in [0.2, 0.25) is 0 Å². The van der Waals surface area contributed by atoms with Gasteiger partial charge in [0.2, 0.25) is 0 Å². The summed E-state index contributed by atoms with van der Waals surface area (Å²) in [6.45, 7) is 4.42. The molecule has 1 aliphatic carbocycles. The molecule has 0 aromatic carbocycles. The molecule has 0 aromatic heterocycles. The van der Waals surface area contributed by atoms with Crippen LogP contribution >= 0.6 is 0 Å². The lowest BCUT2D eigenvalue weighted by Gasteiger charge is -2.05. The van der Waals surface area contributed by atoms with Gasteiger partial charge in [-0.05, 0) is 18.4 Å². The summed E-state index contributed by atoms with van der Waals surface area (Å²) in [5.74, 6) is 0. The summed E-state index contributed by atoms with van der Waals surface area (Å²) in [5, 5.41) is 10.6. The van der Waals surface area contributed by atoms with Crippen molar-refractivity contribution in [2.24, 2.45) is 0 Å².